The molecule has 23 heavy (non-hydrogen) atoms. The van der Waals surface area contributed by atoms with E-state index in [9.17, 15) is 9.90 Å². The Balaban J connectivity index is 1.50. The maximum Gasteiger partial charge on any atom is 0.321 e. The fraction of sp³-hybridized carbons (Fsp3) is 0.706. The van der Waals surface area contributed by atoms with Crippen molar-refractivity contribution in [2.75, 3.05) is 11.9 Å². The van der Waals surface area contributed by atoms with E-state index >= 15 is 0 Å². The lowest BCUT2D eigenvalue weighted by Crippen LogP contribution is -2.36. The molecule has 6 nitrogen and oxygen atoms in total. The van der Waals surface area contributed by atoms with Gasteiger partial charge in [0.05, 0.1) is 6.10 Å². The molecule has 1 aromatic rings. The number of aromatic nitrogens is 2. The molecule has 3 rings (SSSR count). The molecule has 2 aliphatic carbocycles. The first-order chi connectivity index (χ1) is 11.2. The van der Waals surface area contributed by atoms with Crippen LogP contribution in [0, 0.1) is 5.92 Å². The maximum atomic E-state index is 12.0. The lowest BCUT2D eigenvalue weighted by atomic mass is 9.87. The molecule has 0 spiro atoms. The highest BCUT2D eigenvalue weighted by molar-refractivity contribution is 5.87. The molecule has 2 amide bonds. The monoisotopic (exact) mass is 318 g/mol. The molecule has 1 saturated carbocycles. The van der Waals surface area contributed by atoms with Gasteiger partial charge in [-0.25, -0.2) is 14.8 Å². The molecular formula is C17H26N4O2. The van der Waals surface area contributed by atoms with Crippen LogP contribution in [-0.2, 0) is 12.8 Å². The minimum Gasteiger partial charge on any atom is -0.393 e. The molecule has 126 valence electrons. The number of urea groups is 1. The Kier molecular flexibility index (Phi) is 5.43. The van der Waals surface area contributed by atoms with Crippen LogP contribution in [0.2, 0.25) is 0 Å². The lowest BCUT2D eigenvalue weighted by molar-refractivity contribution is 0.101. The zero-order chi connectivity index (χ0) is 16.1. The van der Waals surface area contributed by atoms with Gasteiger partial charge in [-0.05, 0) is 56.4 Å². The number of carbonyl (C=O) groups is 1. The molecule has 0 aromatic carbocycles. The van der Waals surface area contributed by atoms with Crippen molar-refractivity contribution in [3.8, 4) is 0 Å². The Morgan fingerprint density at radius 2 is 2.09 bits per heavy atom. The minimum absolute atomic E-state index is 0.216. The van der Waals surface area contributed by atoms with E-state index in [1.54, 1.807) is 0 Å². The molecule has 0 bridgehead atoms. The first-order valence-corrected chi connectivity index (χ1v) is 8.78. The predicted octanol–water partition coefficient (Wildman–Crippen LogP) is 2.42. The summed E-state index contributed by atoms with van der Waals surface area (Å²) in [4.78, 5) is 20.8. The number of amides is 2. The van der Waals surface area contributed by atoms with E-state index in [0.717, 1.165) is 50.6 Å². The Bertz CT molecular complexity index is 549. The number of anilines is 1. The number of aryl methyl sites for hydroxylation is 2. The number of nitrogens with one attached hydrogen (secondary N) is 2. The molecular weight excluding hydrogens is 292 g/mol. The van der Waals surface area contributed by atoms with Crippen molar-refractivity contribution in [1.29, 1.82) is 0 Å². The molecule has 2 aliphatic rings. The second-order valence-electron chi connectivity index (χ2n) is 6.75. The number of aliphatic hydroxyl groups is 1. The molecule has 1 aromatic heterocycles. The molecule has 0 aliphatic heterocycles. The summed E-state index contributed by atoms with van der Waals surface area (Å²) in [5.74, 6) is 0.740. The van der Waals surface area contributed by atoms with E-state index in [4.69, 9.17) is 0 Å². The van der Waals surface area contributed by atoms with Crippen molar-refractivity contribution >= 4 is 12.0 Å². The van der Waals surface area contributed by atoms with Crippen LogP contribution in [0.5, 0.6) is 0 Å². The average Bonchev–Trinajstić information content (AvgIpc) is 2.78. The summed E-state index contributed by atoms with van der Waals surface area (Å²) in [6, 6.07) is -0.265. The molecule has 0 saturated heterocycles. The van der Waals surface area contributed by atoms with Gasteiger partial charge in [0.2, 0.25) is 5.95 Å². The topological polar surface area (TPSA) is 87.1 Å². The third-order valence-electron chi connectivity index (χ3n) is 4.85. The van der Waals surface area contributed by atoms with Crippen LogP contribution in [0.4, 0.5) is 10.7 Å². The summed E-state index contributed by atoms with van der Waals surface area (Å²) in [5.41, 5.74) is 2.29. The van der Waals surface area contributed by atoms with Gasteiger partial charge in [-0.2, -0.15) is 0 Å². The van der Waals surface area contributed by atoms with Crippen LogP contribution in [0.25, 0.3) is 0 Å². The van der Waals surface area contributed by atoms with Gasteiger partial charge >= 0.3 is 6.03 Å². The Morgan fingerprint density at radius 3 is 2.96 bits per heavy atom. The van der Waals surface area contributed by atoms with E-state index in [1.807, 2.05) is 6.20 Å². The smallest absolute Gasteiger partial charge is 0.321 e. The Labute approximate surface area is 137 Å². The highest BCUT2D eigenvalue weighted by Gasteiger charge is 2.20. The van der Waals surface area contributed by atoms with Crippen LogP contribution in [0.15, 0.2) is 6.20 Å². The van der Waals surface area contributed by atoms with Crippen molar-refractivity contribution < 1.29 is 9.90 Å². The standard InChI is InChI=1S/C17H26N4O2/c22-14-7-4-5-12(9-14)10-19-17(23)21-16-18-11-13-6-2-1-3-8-15(13)20-16/h11-12,14,22H,1-10H2,(H2,18,19,20,21,23). The van der Waals surface area contributed by atoms with Gasteiger partial charge in [0.15, 0.2) is 0 Å². The quantitative estimate of drug-likeness (QED) is 0.747. The first-order valence-electron chi connectivity index (χ1n) is 8.78. The number of aliphatic hydroxyl groups excluding tert-OH is 1. The van der Waals surface area contributed by atoms with Crippen molar-refractivity contribution in [2.24, 2.45) is 5.92 Å². The van der Waals surface area contributed by atoms with Crippen LogP contribution in [-0.4, -0.2) is 33.8 Å². The number of carbonyl (C=O) groups excluding carboxylic acids is 1. The van der Waals surface area contributed by atoms with Gasteiger partial charge in [-0.15, -0.1) is 0 Å². The highest BCUT2D eigenvalue weighted by atomic mass is 16.3. The number of nitrogens with zero attached hydrogens (tertiary/aromatic N) is 2. The van der Waals surface area contributed by atoms with Gasteiger partial charge in [0, 0.05) is 18.4 Å². The third-order valence-corrected chi connectivity index (χ3v) is 4.85. The zero-order valence-electron chi connectivity index (χ0n) is 13.6. The van der Waals surface area contributed by atoms with Crippen molar-refractivity contribution in [3.63, 3.8) is 0 Å². The number of hydrogen-bond acceptors (Lipinski definition) is 4. The number of rotatable bonds is 3. The van der Waals surface area contributed by atoms with Crippen LogP contribution >= 0.6 is 0 Å². The largest absolute Gasteiger partial charge is 0.393 e. The predicted molar refractivity (Wildman–Crippen MR) is 88.3 cm³/mol. The highest BCUT2D eigenvalue weighted by Crippen LogP contribution is 2.23. The SMILES string of the molecule is O=C(NCC1CCCC(O)C1)Nc1ncc2c(n1)CCCCC2. The summed E-state index contributed by atoms with van der Waals surface area (Å²) in [6.07, 6.45) is 11.0. The van der Waals surface area contributed by atoms with Gasteiger partial charge in [-0.3, -0.25) is 5.32 Å². The van der Waals surface area contributed by atoms with Crippen LogP contribution < -0.4 is 10.6 Å². The van der Waals surface area contributed by atoms with Crippen molar-refractivity contribution in [1.82, 2.24) is 15.3 Å². The summed E-state index contributed by atoms with van der Waals surface area (Å²) in [5, 5.41) is 15.3. The van der Waals surface area contributed by atoms with E-state index < -0.39 is 0 Å². The zero-order valence-corrected chi connectivity index (χ0v) is 13.6. The van der Waals surface area contributed by atoms with Gasteiger partial charge in [0.25, 0.3) is 0 Å². The number of hydrogen-bond donors (Lipinski definition) is 3. The molecule has 0 radical (unpaired) electrons. The molecule has 1 heterocycles. The van der Waals surface area contributed by atoms with Crippen molar-refractivity contribution in [2.45, 2.75) is 63.9 Å². The van der Waals surface area contributed by atoms with E-state index in [1.165, 1.54) is 18.4 Å². The van der Waals surface area contributed by atoms with Crippen LogP contribution in [0.1, 0.15) is 56.2 Å². The Morgan fingerprint density at radius 1 is 1.22 bits per heavy atom. The molecule has 1 fully saturated rings. The van der Waals surface area contributed by atoms with E-state index in [0.29, 0.717) is 18.4 Å². The normalized spacial score (nSPS) is 24.4. The van der Waals surface area contributed by atoms with Crippen molar-refractivity contribution in [3.05, 3.63) is 17.5 Å². The first kappa shape index (κ1) is 16.2. The fourth-order valence-electron chi connectivity index (χ4n) is 3.54. The number of fused-ring (bicyclic) bond motifs is 1. The summed E-state index contributed by atoms with van der Waals surface area (Å²) in [7, 11) is 0. The molecule has 2 atom stereocenters. The average molecular weight is 318 g/mol. The molecule has 2 unspecified atom stereocenters. The maximum absolute atomic E-state index is 12.0. The summed E-state index contributed by atoms with van der Waals surface area (Å²) in [6.45, 7) is 0.591. The second-order valence-corrected chi connectivity index (χ2v) is 6.75. The van der Waals surface area contributed by atoms with E-state index in [2.05, 4.69) is 20.6 Å². The Hall–Kier alpha value is -1.69. The van der Waals surface area contributed by atoms with Gasteiger partial charge in [0.1, 0.15) is 0 Å². The lowest BCUT2D eigenvalue weighted by Gasteiger charge is -2.25. The fourth-order valence-corrected chi connectivity index (χ4v) is 3.54. The van der Waals surface area contributed by atoms with Gasteiger partial charge in [-0.1, -0.05) is 12.8 Å². The second kappa shape index (κ2) is 7.73. The van der Waals surface area contributed by atoms with Gasteiger partial charge < -0.3 is 10.4 Å². The van der Waals surface area contributed by atoms with Crippen LogP contribution in [0.3, 0.4) is 0 Å². The molecule has 6 heteroatoms. The third kappa shape index (κ3) is 4.64. The van der Waals surface area contributed by atoms with E-state index in [-0.39, 0.29) is 12.1 Å². The minimum atomic E-state index is -0.265. The summed E-state index contributed by atoms with van der Waals surface area (Å²) >= 11 is 0. The summed E-state index contributed by atoms with van der Waals surface area (Å²) < 4.78 is 0. The molecule has 3 N–H and O–H groups in total.